The number of hydrogen-bond donors (Lipinski definition) is 1. The molecule has 2 aromatic carbocycles. The summed E-state index contributed by atoms with van der Waals surface area (Å²) in [5.41, 5.74) is -0.360. The molecule has 8 nitrogen and oxygen atoms in total. The van der Waals surface area contributed by atoms with Gasteiger partial charge in [-0.25, -0.2) is 8.42 Å². The van der Waals surface area contributed by atoms with Gasteiger partial charge in [-0.1, -0.05) is 24.3 Å². The van der Waals surface area contributed by atoms with Gasteiger partial charge in [0.05, 0.1) is 17.8 Å². The van der Waals surface area contributed by atoms with E-state index in [2.05, 4.69) is 4.98 Å². The number of nitrogens with zero attached hydrogens (tertiary/aromatic N) is 1. The van der Waals surface area contributed by atoms with Gasteiger partial charge in [-0.15, -0.1) is 0 Å². The fourth-order valence-electron chi connectivity index (χ4n) is 2.62. The van der Waals surface area contributed by atoms with Crippen LogP contribution in [0.25, 0.3) is 10.9 Å². The molecule has 26 heavy (non-hydrogen) atoms. The SMILES string of the molecule is COc1ccc(CS(=O)(=O)c2cc3ccccc3[nH]c2=O)cc1[N+](=O)[O-]. The first-order valence-corrected chi connectivity index (χ1v) is 9.13. The molecule has 0 amide bonds. The number of rotatable bonds is 5. The third kappa shape index (κ3) is 3.29. The number of aromatic amines is 1. The highest BCUT2D eigenvalue weighted by Gasteiger charge is 2.23. The van der Waals surface area contributed by atoms with Crippen molar-refractivity contribution in [2.24, 2.45) is 0 Å². The average Bonchev–Trinajstić information content (AvgIpc) is 2.60. The minimum absolute atomic E-state index is 0.0275. The second-order valence-electron chi connectivity index (χ2n) is 5.57. The Bertz CT molecular complexity index is 1170. The van der Waals surface area contributed by atoms with Crippen molar-refractivity contribution in [3.63, 3.8) is 0 Å². The number of benzene rings is 2. The molecule has 3 rings (SSSR count). The Balaban J connectivity index is 2.05. The number of aromatic nitrogens is 1. The van der Waals surface area contributed by atoms with Crippen molar-refractivity contribution in [1.82, 2.24) is 4.98 Å². The van der Waals surface area contributed by atoms with Crippen molar-refractivity contribution < 1.29 is 18.1 Å². The normalized spacial score (nSPS) is 11.4. The predicted octanol–water partition coefficient (Wildman–Crippen LogP) is 2.42. The Kier molecular flexibility index (Phi) is 4.47. The molecule has 0 saturated heterocycles. The summed E-state index contributed by atoms with van der Waals surface area (Å²) in [5.74, 6) is -0.515. The number of nitro benzene ring substituents is 1. The maximum absolute atomic E-state index is 12.7. The van der Waals surface area contributed by atoms with E-state index in [1.807, 2.05) is 0 Å². The van der Waals surface area contributed by atoms with E-state index in [1.165, 1.54) is 25.3 Å². The molecule has 0 saturated carbocycles. The zero-order valence-corrected chi connectivity index (χ0v) is 14.4. The quantitative estimate of drug-likeness (QED) is 0.541. The number of sulfone groups is 1. The lowest BCUT2D eigenvalue weighted by Crippen LogP contribution is -2.18. The van der Waals surface area contributed by atoms with Crippen LogP contribution in [0.2, 0.25) is 0 Å². The van der Waals surface area contributed by atoms with Crippen LogP contribution in [0.15, 0.2) is 58.2 Å². The molecule has 0 unspecified atom stereocenters. The van der Waals surface area contributed by atoms with Gasteiger partial charge in [0.25, 0.3) is 5.56 Å². The van der Waals surface area contributed by atoms with E-state index in [0.717, 1.165) is 6.07 Å². The van der Waals surface area contributed by atoms with E-state index >= 15 is 0 Å². The Hall–Kier alpha value is -3.20. The van der Waals surface area contributed by atoms with Gasteiger partial charge < -0.3 is 9.72 Å². The second kappa shape index (κ2) is 6.60. The van der Waals surface area contributed by atoms with Crippen LogP contribution in [0, 0.1) is 10.1 Å². The molecule has 0 fully saturated rings. The Morgan fingerprint density at radius 1 is 1.15 bits per heavy atom. The summed E-state index contributed by atoms with van der Waals surface area (Å²) >= 11 is 0. The second-order valence-corrected chi connectivity index (χ2v) is 7.53. The van der Waals surface area contributed by atoms with Crippen LogP contribution in [0.5, 0.6) is 5.75 Å². The third-order valence-electron chi connectivity index (χ3n) is 3.85. The van der Waals surface area contributed by atoms with Crippen LogP contribution >= 0.6 is 0 Å². The van der Waals surface area contributed by atoms with E-state index in [1.54, 1.807) is 24.3 Å². The lowest BCUT2D eigenvalue weighted by molar-refractivity contribution is -0.385. The van der Waals surface area contributed by atoms with Crippen LogP contribution in [-0.2, 0) is 15.6 Å². The van der Waals surface area contributed by atoms with Gasteiger partial charge in [0, 0.05) is 11.6 Å². The molecular formula is C17H14N2O6S. The minimum Gasteiger partial charge on any atom is -0.490 e. The number of ether oxygens (including phenoxy) is 1. The summed E-state index contributed by atoms with van der Waals surface area (Å²) in [4.78, 5) is 24.8. The summed E-state index contributed by atoms with van der Waals surface area (Å²) in [5, 5.41) is 11.7. The van der Waals surface area contributed by atoms with Gasteiger partial charge in [0.2, 0.25) is 0 Å². The smallest absolute Gasteiger partial charge is 0.311 e. The number of hydrogen-bond acceptors (Lipinski definition) is 6. The standard InChI is InChI=1S/C17H14N2O6S/c1-25-15-7-6-11(8-14(15)19(21)22)10-26(23,24)16-9-12-4-2-3-5-13(12)18-17(16)20/h2-9H,10H2,1H3,(H,18,20). The van der Waals surface area contributed by atoms with Crippen molar-refractivity contribution in [1.29, 1.82) is 0 Å². The fourth-order valence-corrected chi connectivity index (χ4v) is 4.04. The van der Waals surface area contributed by atoms with Gasteiger partial charge in [0.1, 0.15) is 4.90 Å². The van der Waals surface area contributed by atoms with Crippen LogP contribution in [-0.4, -0.2) is 25.4 Å². The summed E-state index contributed by atoms with van der Waals surface area (Å²) in [6.07, 6.45) is 0. The van der Waals surface area contributed by atoms with E-state index < -0.39 is 26.1 Å². The molecule has 1 heterocycles. The molecule has 9 heteroatoms. The van der Waals surface area contributed by atoms with Crippen molar-refractivity contribution in [3.8, 4) is 5.75 Å². The first-order chi connectivity index (χ1) is 12.3. The molecule has 0 aliphatic carbocycles. The highest BCUT2D eigenvalue weighted by Crippen LogP contribution is 2.29. The number of fused-ring (bicyclic) bond motifs is 1. The van der Waals surface area contributed by atoms with Crippen LogP contribution in [0.3, 0.4) is 0 Å². The lowest BCUT2D eigenvalue weighted by atomic mass is 10.2. The highest BCUT2D eigenvalue weighted by molar-refractivity contribution is 7.90. The number of methoxy groups -OCH3 is 1. The van der Waals surface area contributed by atoms with Gasteiger partial charge >= 0.3 is 5.69 Å². The molecule has 1 aromatic heterocycles. The van der Waals surface area contributed by atoms with Crippen LogP contribution in [0.4, 0.5) is 5.69 Å². The van der Waals surface area contributed by atoms with Crippen molar-refractivity contribution in [2.75, 3.05) is 7.11 Å². The van der Waals surface area contributed by atoms with Gasteiger partial charge in [0.15, 0.2) is 15.6 Å². The maximum Gasteiger partial charge on any atom is 0.311 e. The summed E-state index contributed by atoms with van der Waals surface area (Å²) in [7, 11) is -2.72. The predicted molar refractivity (Wildman–Crippen MR) is 95.1 cm³/mol. The average molecular weight is 374 g/mol. The van der Waals surface area contributed by atoms with Crippen LogP contribution in [0.1, 0.15) is 5.56 Å². The molecule has 0 aliphatic rings. The first kappa shape index (κ1) is 17.6. The maximum atomic E-state index is 12.7. The Morgan fingerprint density at radius 2 is 1.88 bits per heavy atom. The lowest BCUT2D eigenvalue weighted by Gasteiger charge is -2.07. The molecule has 0 radical (unpaired) electrons. The molecule has 1 N–H and O–H groups in total. The Labute approximate surface area is 148 Å². The topological polar surface area (TPSA) is 119 Å². The van der Waals surface area contributed by atoms with Gasteiger partial charge in [-0.2, -0.15) is 0 Å². The minimum atomic E-state index is -4.00. The number of nitro groups is 1. The van der Waals surface area contributed by atoms with Gasteiger partial charge in [-0.3, -0.25) is 14.9 Å². The zero-order valence-electron chi connectivity index (χ0n) is 13.6. The van der Waals surface area contributed by atoms with Gasteiger partial charge in [-0.05, 0) is 29.1 Å². The monoisotopic (exact) mass is 374 g/mol. The van der Waals surface area contributed by atoms with E-state index in [4.69, 9.17) is 4.74 Å². The van der Waals surface area contributed by atoms with Crippen LogP contribution < -0.4 is 10.3 Å². The van der Waals surface area contributed by atoms with E-state index in [9.17, 15) is 23.3 Å². The fraction of sp³-hybridized carbons (Fsp3) is 0.118. The molecular weight excluding hydrogens is 360 g/mol. The molecule has 0 aliphatic heterocycles. The summed E-state index contributed by atoms with van der Waals surface area (Å²) < 4.78 is 30.3. The van der Waals surface area contributed by atoms with Crippen molar-refractivity contribution >= 4 is 26.4 Å². The molecule has 0 spiro atoms. The number of nitrogens with one attached hydrogen (secondary N) is 1. The van der Waals surface area contributed by atoms with Crippen molar-refractivity contribution in [2.45, 2.75) is 10.6 Å². The number of para-hydroxylation sites is 1. The number of pyridine rings is 1. The first-order valence-electron chi connectivity index (χ1n) is 7.48. The number of H-pyrrole nitrogens is 1. The highest BCUT2D eigenvalue weighted by atomic mass is 32.2. The Morgan fingerprint density at radius 3 is 2.58 bits per heavy atom. The van der Waals surface area contributed by atoms with E-state index in [0.29, 0.717) is 10.9 Å². The largest absolute Gasteiger partial charge is 0.490 e. The summed E-state index contributed by atoms with van der Waals surface area (Å²) in [6, 6.07) is 12.0. The zero-order chi connectivity index (χ0) is 18.9. The third-order valence-corrected chi connectivity index (χ3v) is 5.54. The summed E-state index contributed by atoms with van der Waals surface area (Å²) in [6.45, 7) is 0. The molecule has 134 valence electrons. The molecule has 0 atom stereocenters. The molecule has 0 bridgehead atoms. The molecule has 3 aromatic rings. The van der Waals surface area contributed by atoms with Crippen molar-refractivity contribution in [3.05, 3.63) is 74.6 Å². The van der Waals surface area contributed by atoms with E-state index in [-0.39, 0.29) is 21.9 Å².